The molecule has 0 aliphatic heterocycles. The Balaban J connectivity index is 1.67. The molecule has 0 saturated heterocycles. The van der Waals surface area contributed by atoms with E-state index in [1.165, 1.54) is 0 Å². The average molecular weight is 347 g/mol. The Morgan fingerprint density at radius 2 is 1.92 bits per heavy atom. The number of aryl methyl sites for hydroxylation is 1. The van der Waals surface area contributed by atoms with Crippen LogP contribution in [0.15, 0.2) is 47.6 Å². The van der Waals surface area contributed by atoms with Crippen LogP contribution in [-0.4, -0.2) is 26.0 Å². The number of thioether (sulfide) groups is 1. The molecule has 0 aliphatic carbocycles. The third-order valence-electron chi connectivity index (χ3n) is 3.48. The van der Waals surface area contributed by atoms with Crippen molar-refractivity contribution in [1.82, 2.24) is 15.2 Å². The highest BCUT2D eigenvalue weighted by Gasteiger charge is 2.16. The third-order valence-corrected chi connectivity index (χ3v) is 4.40. The lowest BCUT2D eigenvalue weighted by atomic mass is 10.1. The molecule has 0 spiro atoms. The van der Waals surface area contributed by atoms with Gasteiger partial charge in [0.15, 0.2) is 5.82 Å². The summed E-state index contributed by atoms with van der Waals surface area (Å²) in [5.74, 6) is -0.496. The molecule has 1 unspecified atom stereocenters. The van der Waals surface area contributed by atoms with Gasteiger partial charge in [-0.05, 0) is 25.1 Å². The Bertz CT molecular complexity index is 836. The molecule has 7 heteroatoms. The van der Waals surface area contributed by atoms with Crippen LogP contribution in [0.5, 0.6) is 0 Å². The number of aliphatic hydroxyl groups is 1. The molecule has 1 atom stereocenters. The van der Waals surface area contributed by atoms with Crippen LogP contribution in [0, 0.1) is 18.6 Å². The molecule has 2 N–H and O–H groups in total. The van der Waals surface area contributed by atoms with Crippen molar-refractivity contribution in [3.8, 4) is 11.4 Å². The van der Waals surface area contributed by atoms with Gasteiger partial charge in [0.05, 0.1) is 6.10 Å². The number of benzene rings is 2. The molecule has 2 aromatic carbocycles. The van der Waals surface area contributed by atoms with E-state index in [4.69, 9.17) is 0 Å². The second-order valence-electron chi connectivity index (χ2n) is 5.33. The molecule has 0 aliphatic rings. The van der Waals surface area contributed by atoms with Crippen molar-refractivity contribution >= 4 is 11.8 Å². The number of halogens is 2. The molecule has 3 aromatic rings. The molecular formula is C17H15F2N3OS. The topological polar surface area (TPSA) is 61.8 Å². The van der Waals surface area contributed by atoms with Crippen LogP contribution in [0.1, 0.15) is 17.2 Å². The van der Waals surface area contributed by atoms with Crippen molar-refractivity contribution in [2.75, 3.05) is 5.75 Å². The first-order chi connectivity index (χ1) is 11.5. The monoisotopic (exact) mass is 347 g/mol. The van der Waals surface area contributed by atoms with Crippen molar-refractivity contribution in [3.63, 3.8) is 0 Å². The second kappa shape index (κ2) is 7.11. The largest absolute Gasteiger partial charge is 0.387 e. The van der Waals surface area contributed by atoms with E-state index in [0.717, 1.165) is 41.1 Å². The lowest BCUT2D eigenvalue weighted by molar-refractivity contribution is 0.198. The molecule has 1 heterocycles. The van der Waals surface area contributed by atoms with E-state index in [-0.39, 0.29) is 11.3 Å². The molecule has 4 nitrogen and oxygen atoms in total. The summed E-state index contributed by atoms with van der Waals surface area (Å²) in [5.41, 5.74) is 1.97. The van der Waals surface area contributed by atoms with Gasteiger partial charge in [0.25, 0.3) is 0 Å². The minimum atomic E-state index is -1.15. The Kier molecular flexibility index (Phi) is 4.92. The van der Waals surface area contributed by atoms with Crippen LogP contribution in [-0.2, 0) is 0 Å². The van der Waals surface area contributed by atoms with Crippen LogP contribution < -0.4 is 0 Å². The van der Waals surface area contributed by atoms with Gasteiger partial charge in [-0.1, -0.05) is 41.6 Å². The van der Waals surface area contributed by atoms with E-state index in [2.05, 4.69) is 15.2 Å². The molecule has 24 heavy (non-hydrogen) atoms. The number of aliphatic hydroxyl groups excluding tert-OH is 1. The molecule has 3 rings (SSSR count). The highest BCUT2D eigenvalue weighted by Crippen LogP contribution is 2.26. The van der Waals surface area contributed by atoms with Gasteiger partial charge in [0, 0.05) is 16.9 Å². The molecule has 0 bridgehead atoms. The predicted molar refractivity (Wildman–Crippen MR) is 88.6 cm³/mol. The maximum atomic E-state index is 13.6. The highest BCUT2D eigenvalue weighted by atomic mass is 32.2. The normalized spacial score (nSPS) is 12.3. The SMILES string of the molecule is Cc1ccc(-c2nc(SCC(O)c3cc(F)ccc3F)n[nH]2)cc1. The van der Waals surface area contributed by atoms with Gasteiger partial charge in [0.2, 0.25) is 5.16 Å². The summed E-state index contributed by atoms with van der Waals surface area (Å²) in [6.45, 7) is 2.00. The number of aromatic nitrogens is 3. The quantitative estimate of drug-likeness (QED) is 0.688. The number of nitrogens with zero attached hydrogens (tertiary/aromatic N) is 2. The predicted octanol–water partition coefficient (Wildman–Crippen LogP) is 3.88. The summed E-state index contributed by atoms with van der Waals surface area (Å²) < 4.78 is 26.8. The Morgan fingerprint density at radius 3 is 2.67 bits per heavy atom. The molecule has 0 saturated carbocycles. The number of rotatable bonds is 5. The number of aromatic amines is 1. The summed E-state index contributed by atoms with van der Waals surface area (Å²) in [7, 11) is 0. The maximum Gasteiger partial charge on any atom is 0.208 e. The zero-order valence-corrected chi connectivity index (χ0v) is 13.6. The van der Waals surface area contributed by atoms with E-state index in [1.807, 2.05) is 31.2 Å². The molecule has 124 valence electrons. The van der Waals surface area contributed by atoms with Gasteiger partial charge in [-0.25, -0.2) is 13.8 Å². The smallest absolute Gasteiger partial charge is 0.208 e. The van der Waals surface area contributed by atoms with Gasteiger partial charge >= 0.3 is 0 Å². The van der Waals surface area contributed by atoms with Crippen molar-refractivity contribution in [3.05, 3.63) is 65.2 Å². The maximum absolute atomic E-state index is 13.6. The molecule has 1 aromatic heterocycles. The lowest BCUT2D eigenvalue weighted by Gasteiger charge is -2.10. The summed E-state index contributed by atoms with van der Waals surface area (Å²) in [6.07, 6.45) is -1.15. The Morgan fingerprint density at radius 1 is 1.17 bits per heavy atom. The summed E-state index contributed by atoms with van der Waals surface area (Å²) in [5, 5.41) is 17.4. The van der Waals surface area contributed by atoms with Crippen molar-refractivity contribution in [1.29, 1.82) is 0 Å². The minimum absolute atomic E-state index is 0.0724. The lowest BCUT2D eigenvalue weighted by Crippen LogP contribution is -2.04. The fourth-order valence-corrected chi connectivity index (χ4v) is 2.92. The van der Waals surface area contributed by atoms with Crippen LogP contribution in [0.4, 0.5) is 8.78 Å². The van der Waals surface area contributed by atoms with Crippen LogP contribution >= 0.6 is 11.8 Å². The number of H-pyrrole nitrogens is 1. The van der Waals surface area contributed by atoms with Crippen LogP contribution in [0.25, 0.3) is 11.4 Å². The summed E-state index contributed by atoms with van der Waals surface area (Å²) >= 11 is 1.16. The first-order valence-electron chi connectivity index (χ1n) is 7.28. The number of nitrogens with one attached hydrogen (secondary N) is 1. The summed E-state index contributed by atoms with van der Waals surface area (Å²) in [4.78, 5) is 4.33. The van der Waals surface area contributed by atoms with Crippen LogP contribution in [0.3, 0.4) is 0 Å². The zero-order chi connectivity index (χ0) is 17.1. The van der Waals surface area contributed by atoms with Gasteiger partial charge in [-0.2, -0.15) is 0 Å². The van der Waals surface area contributed by atoms with E-state index >= 15 is 0 Å². The standard InChI is InChI=1S/C17H15F2N3OS/c1-10-2-4-11(5-3-10)16-20-17(22-21-16)24-9-15(23)13-8-12(18)6-7-14(13)19/h2-8,15,23H,9H2,1H3,(H,20,21,22). The van der Waals surface area contributed by atoms with E-state index in [9.17, 15) is 13.9 Å². The number of hydrogen-bond donors (Lipinski definition) is 2. The molecule has 0 radical (unpaired) electrons. The first kappa shape index (κ1) is 16.6. The minimum Gasteiger partial charge on any atom is -0.387 e. The fraction of sp³-hybridized carbons (Fsp3) is 0.176. The Hall–Kier alpha value is -2.25. The van der Waals surface area contributed by atoms with Gasteiger partial charge in [-0.15, -0.1) is 5.10 Å². The second-order valence-corrected chi connectivity index (χ2v) is 6.31. The van der Waals surface area contributed by atoms with Gasteiger partial charge in [-0.3, -0.25) is 5.10 Å². The highest BCUT2D eigenvalue weighted by molar-refractivity contribution is 7.99. The Labute approximate surface area is 142 Å². The van der Waals surface area contributed by atoms with Gasteiger partial charge in [0.1, 0.15) is 11.6 Å². The van der Waals surface area contributed by atoms with E-state index < -0.39 is 17.7 Å². The van der Waals surface area contributed by atoms with Gasteiger partial charge < -0.3 is 5.11 Å². The third kappa shape index (κ3) is 3.80. The van der Waals surface area contributed by atoms with Crippen molar-refractivity contribution in [2.24, 2.45) is 0 Å². The first-order valence-corrected chi connectivity index (χ1v) is 8.27. The summed E-state index contributed by atoms with van der Waals surface area (Å²) in [6, 6.07) is 10.8. The van der Waals surface area contributed by atoms with E-state index in [0.29, 0.717) is 11.0 Å². The van der Waals surface area contributed by atoms with Crippen molar-refractivity contribution < 1.29 is 13.9 Å². The van der Waals surface area contributed by atoms with Crippen molar-refractivity contribution in [2.45, 2.75) is 18.2 Å². The van der Waals surface area contributed by atoms with E-state index in [1.54, 1.807) is 0 Å². The number of hydrogen-bond acceptors (Lipinski definition) is 4. The fourth-order valence-electron chi connectivity index (χ4n) is 2.16. The zero-order valence-electron chi connectivity index (χ0n) is 12.8. The van der Waals surface area contributed by atoms with Crippen LogP contribution in [0.2, 0.25) is 0 Å². The molecule has 0 fully saturated rings. The molecular weight excluding hydrogens is 332 g/mol. The average Bonchev–Trinajstić information content (AvgIpc) is 3.04. The molecule has 0 amide bonds.